The topological polar surface area (TPSA) is 21.3 Å². The summed E-state index contributed by atoms with van der Waals surface area (Å²) < 4.78 is 6.79. The van der Waals surface area contributed by atoms with E-state index in [1.54, 1.807) is 11.3 Å². The fraction of sp³-hybridized carbons (Fsp3) is 0.667. The van der Waals surface area contributed by atoms with Crippen LogP contribution in [0, 0.1) is 5.92 Å². The van der Waals surface area contributed by atoms with E-state index in [1.165, 1.54) is 22.2 Å². The van der Waals surface area contributed by atoms with Crippen LogP contribution >= 0.6 is 27.3 Å². The van der Waals surface area contributed by atoms with Crippen LogP contribution in [0.5, 0.6) is 0 Å². The highest BCUT2D eigenvalue weighted by atomic mass is 79.9. The highest BCUT2D eigenvalue weighted by Crippen LogP contribution is 2.29. The minimum Gasteiger partial charge on any atom is -0.380 e. The molecular weight excluding hydrogens is 286 g/mol. The lowest BCUT2D eigenvalue weighted by atomic mass is 10.3. The minimum atomic E-state index is 0.402. The summed E-state index contributed by atoms with van der Waals surface area (Å²) in [5, 5.41) is 5.59. The maximum atomic E-state index is 5.58. The van der Waals surface area contributed by atoms with Crippen molar-refractivity contribution < 1.29 is 4.74 Å². The molecule has 1 heterocycles. The van der Waals surface area contributed by atoms with Gasteiger partial charge in [-0.15, -0.1) is 11.3 Å². The summed E-state index contributed by atoms with van der Waals surface area (Å²) in [7, 11) is 0. The second kappa shape index (κ2) is 6.15. The molecule has 16 heavy (non-hydrogen) atoms. The lowest BCUT2D eigenvalue weighted by molar-refractivity contribution is 0.124. The van der Waals surface area contributed by atoms with Gasteiger partial charge in [0.05, 0.1) is 6.61 Å². The molecule has 0 bridgehead atoms. The number of hydrogen-bond acceptors (Lipinski definition) is 3. The average molecular weight is 304 g/mol. The van der Waals surface area contributed by atoms with Crippen LogP contribution in [0.1, 0.15) is 30.7 Å². The van der Waals surface area contributed by atoms with Gasteiger partial charge in [-0.3, -0.25) is 0 Å². The molecule has 2 rings (SSSR count). The van der Waals surface area contributed by atoms with Crippen molar-refractivity contribution in [3.8, 4) is 0 Å². The van der Waals surface area contributed by atoms with E-state index in [9.17, 15) is 0 Å². The van der Waals surface area contributed by atoms with Crippen LogP contribution in [-0.2, 0) is 4.74 Å². The van der Waals surface area contributed by atoms with Crippen LogP contribution in [-0.4, -0.2) is 19.8 Å². The molecule has 1 aromatic rings. The van der Waals surface area contributed by atoms with Gasteiger partial charge in [-0.05, 0) is 53.1 Å². The highest BCUT2D eigenvalue weighted by Gasteiger charge is 2.20. The minimum absolute atomic E-state index is 0.402. The van der Waals surface area contributed by atoms with Gasteiger partial charge < -0.3 is 10.1 Å². The van der Waals surface area contributed by atoms with Crippen LogP contribution in [0.2, 0.25) is 0 Å². The molecule has 1 N–H and O–H groups in total. The van der Waals surface area contributed by atoms with Crippen LogP contribution in [0.15, 0.2) is 15.9 Å². The number of rotatable bonds is 7. The molecule has 1 aliphatic rings. The Morgan fingerprint density at radius 1 is 1.62 bits per heavy atom. The summed E-state index contributed by atoms with van der Waals surface area (Å²) in [6.07, 6.45) is 2.73. The van der Waals surface area contributed by atoms with Gasteiger partial charge in [0.15, 0.2) is 0 Å². The van der Waals surface area contributed by atoms with Gasteiger partial charge in [0, 0.05) is 28.5 Å². The summed E-state index contributed by atoms with van der Waals surface area (Å²) in [5.74, 6) is 0.865. The molecule has 1 aliphatic carbocycles. The van der Waals surface area contributed by atoms with E-state index in [0.717, 1.165) is 25.7 Å². The molecule has 0 amide bonds. The zero-order chi connectivity index (χ0) is 11.4. The third kappa shape index (κ3) is 3.84. The second-order valence-electron chi connectivity index (χ2n) is 4.33. The molecular formula is C12H18BrNOS. The fourth-order valence-corrected chi connectivity index (χ4v) is 3.34. The number of hydrogen-bond donors (Lipinski definition) is 1. The summed E-state index contributed by atoms with van der Waals surface area (Å²) in [6.45, 7) is 4.90. The van der Waals surface area contributed by atoms with E-state index in [-0.39, 0.29) is 0 Å². The molecule has 0 aliphatic heterocycles. The Morgan fingerprint density at radius 3 is 3.06 bits per heavy atom. The van der Waals surface area contributed by atoms with Gasteiger partial charge in [-0.25, -0.2) is 0 Å². The van der Waals surface area contributed by atoms with E-state index < -0.39 is 0 Å². The first-order valence-electron chi connectivity index (χ1n) is 5.81. The summed E-state index contributed by atoms with van der Waals surface area (Å²) in [5.41, 5.74) is 0. The molecule has 1 unspecified atom stereocenters. The molecule has 90 valence electrons. The summed E-state index contributed by atoms with van der Waals surface area (Å²) >= 11 is 5.34. The van der Waals surface area contributed by atoms with E-state index in [4.69, 9.17) is 4.74 Å². The summed E-state index contributed by atoms with van der Waals surface area (Å²) in [6, 6.07) is 2.50. The predicted octanol–water partition coefficient (Wildman–Crippen LogP) is 3.59. The molecule has 1 fully saturated rings. The van der Waals surface area contributed by atoms with Gasteiger partial charge in [-0.2, -0.15) is 0 Å². The third-order valence-electron chi connectivity index (χ3n) is 2.79. The third-order valence-corrected chi connectivity index (χ3v) is 4.84. The Kier molecular flexibility index (Phi) is 4.82. The first-order valence-corrected chi connectivity index (χ1v) is 7.48. The van der Waals surface area contributed by atoms with Crippen molar-refractivity contribution in [3.05, 3.63) is 20.8 Å². The number of thiophene rings is 1. The first kappa shape index (κ1) is 12.6. The lowest BCUT2D eigenvalue weighted by Gasteiger charge is -2.13. The lowest BCUT2D eigenvalue weighted by Crippen LogP contribution is -2.23. The van der Waals surface area contributed by atoms with Crippen LogP contribution < -0.4 is 5.32 Å². The van der Waals surface area contributed by atoms with E-state index >= 15 is 0 Å². The van der Waals surface area contributed by atoms with Crippen molar-refractivity contribution in [2.45, 2.75) is 25.8 Å². The van der Waals surface area contributed by atoms with E-state index in [0.29, 0.717) is 6.04 Å². The number of ether oxygens (including phenoxy) is 1. The van der Waals surface area contributed by atoms with Crippen molar-refractivity contribution >= 4 is 27.3 Å². The zero-order valence-electron chi connectivity index (χ0n) is 9.54. The largest absolute Gasteiger partial charge is 0.380 e. The van der Waals surface area contributed by atoms with E-state index in [1.807, 2.05) is 0 Å². The molecule has 2 nitrogen and oxygen atoms in total. The molecule has 1 atom stereocenters. The Bertz CT molecular complexity index is 325. The number of nitrogens with one attached hydrogen (secondary N) is 1. The quantitative estimate of drug-likeness (QED) is 0.777. The van der Waals surface area contributed by atoms with Crippen molar-refractivity contribution in [2.75, 3.05) is 19.8 Å². The Labute approximate surface area is 110 Å². The monoisotopic (exact) mass is 303 g/mol. The molecule has 0 aromatic carbocycles. The normalized spacial score (nSPS) is 17.6. The second-order valence-corrected chi connectivity index (χ2v) is 6.13. The molecule has 0 spiro atoms. The highest BCUT2D eigenvalue weighted by molar-refractivity contribution is 9.10. The first-order chi connectivity index (χ1) is 7.77. The molecule has 1 aromatic heterocycles. The Balaban J connectivity index is 1.59. The van der Waals surface area contributed by atoms with Crippen molar-refractivity contribution in [3.63, 3.8) is 0 Å². The maximum Gasteiger partial charge on any atom is 0.0591 e. The van der Waals surface area contributed by atoms with E-state index in [2.05, 4.69) is 39.6 Å². The van der Waals surface area contributed by atoms with Crippen molar-refractivity contribution in [2.24, 2.45) is 5.92 Å². The SMILES string of the molecule is CC(NCCOCC1CC1)c1sccc1Br. The van der Waals surface area contributed by atoms with Crippen molar-refractivity contribution in [1.29, 1.82) is 0 Å². The zero-order valence-corrected chi connectivity index (χ0v) is 11.9. The molecule has 1 saturated carbocycles. The molecule has 0 radical (unpaired) electrons. The smallest absolute Gasteiger partial charge is 0.0591 e. The van der Waals surface area contributed by atoms with Gasteiger partial charge in [0.2, 0.25) is 0 Å². The van der Waals surface area contributed by atoms with Gasteiger partial charge >= 0.3 is 0 Å². The average Bonchev–Trinajstić information content (AvgIpc) is 2.99. The van der Waals surface area contributed by atoms with Crippen LogP contribution in [0.4, 0.5) is 0 Å². The Morgan fingerprint density at radius 2 is 2.44 bits per heavy atom. The fourth-order valence-electron chi connectivity index (χ4n) is 1.59. The molecule has 4 heteroatoms. The standard InChI is InChI=1S/C12H18BrNOS/c1-9(12-11(13)4-7-16-12)14-5-6-15-8-10-2-3-10/h4,7,9-10,14H,2-3,5-6,8H2,1H3. The van der Waals surface area contributed by atoms with Crippen molar-refractivity contribution in [1.82, 2.24) is 5.32 Å². The maximum absolute atomic E-state index is 5.58. The predicted molar refractivity (Wildman–Crippen MR) is 72.0 cm³/mol. The van der Waals surface area contributed by atoms with Crippen LogP contribution in [0.3, 0.4) is 0 Å². The Hall–Kier alpha value is 0.100. The molecule has 0 saturated heterocycles. The summed E-state index contributed by atoms with van der Waals surface area (Å²) in [4.78, 5) is 1.36. The van der Waals surface area contributed by atoms with Gasteiger partial charge in [0.25, 0.3) is 0 Å². The van der Waals surface area contributed by atoms with Crippen LogP contribution in [0.25, 0.3) is 0 Å². The van der Waals surface area contributed by atoms with Gasteiger partial charge in [-0.1, -0.05) is 0 Å². The number of halogens is 1. The van der Waals surface area contributed by atoms with Gasteiger partial charge in [0.1, 0.15) is 0 Å².